The molecule has 0 saturated heterocycles. The third-order valence-corrected chi connectivity index (χ3v) is 5.13. The highest BCUT2D eigenvalue weighted by Crippen LogP contribution is 2.17. The number of carboxylic acid groups (broad SMARTS) is 1. The van der Waals surface area contributed by atoms with Gasteiger partial charge in [0.25, 0.3) is 0 Å². The third-order valence-electron chi connectivity index (χ3n) is 5.13. The summed E-state index contributed by atoms with van der Waals surface area (Å²) in [4.78, 5) is 22.2. The van der Waals surface area contributed by atoms with Crippen molar-refractivity contribution in [2.75, 3.05) is 6.61 Å². The van der Waals surface area contributed by atoms with Crippen molar-refractivity contribution in [1.82, 2.24) is 0 Å². The maximum atomic E-state index is 11.2. The predicted molar refractivity (Wildman–Crippen MR) is 118 cm³/mol. The van der Waals surface area contributed by atoms with Crippen LogP contribution in [0.25, 0.3) is 0 Å². The lowest BCUT2D eigenvalue weighted by atomic mass is 9.97. The lowest BCUT2D eigenvalue weighted by molar-refractivity contribution is -0.145. The first-order chi connectivity index (χ1) is 13.1. The summed E-state index contributed by atoms with van der Waals surface area (Å²) >= 11 is 0. The molecule has 0 aromatic heterocycles. The number of esters is 1. The van der Waals surface area contributed by atoms with Gasteiger partial charge in [-0.25, -0.2) is 4.79 Å². The molecule has 0 aliphatic carbocycles. The molecule has 4 nitrogen and oxygen atoms in total. The number of carbonyl (C=O) groups is 2. The molecule has 0 saturated carbocycles. The highest BCUT2D eigenvalue weighted by Gasteiger charge is 2.17. The number of hydrogen-bond acceptors (Lipinski definition) is 3. The summed E-state index contributed by atoms with van der Waals surface area (Å²) in [5, 5.41) is 9.24. The van der Waals surface area contributed by atoms with Crippen molar-refractivity contribution in [3.63, 3.8) is 0 Å². The minimum absolute atomic E-state index is 0. The molecule has 1 N–H and O–H groups in total. The number of hydrogen-bond donors (Lipinski definition) is 1. The zero-order valence-corrected chi connectivity index (χ0v) is 19.7. The zero-order valence-electron chi connectivity index (χ0n) is 18.3. The second-order valence-corrected chi connectivity index (χ2v) is 7.58. The fraction of sp³-hybridized carbons (Fsp3) is 0.826. The fourth-order valence-corrected chi connectivity index (χ4v) is 3.34. The van der Waals surface area contributed by atoms with Crippen molar-refractivity contribution < 1.29 is 19.4 Å². The van der Waals surface area contributed by atoms with Crippen molar-refractivity contribution in [1.29, 1.82) is 0 Å². The van der Waals surface area contributed by atoms with E-state index in [0.29, 0.717) is 12.8 Å². The summed E-state index contributed by atoms with van der Waals surface area (Å²) in [6.07, 6.45) is 20.3. The first-order valence-corrected chi connectivity index (χ1v) is 11.1. The molecular formula is C23H42MgO4. The average Bonchev–Trinajstić information content (AvgIpc) is 2.66. The Balaban J connectivity index is 0. The van der Waals surface area contributed by atoms with Crippen LogP contribution in [-0.2, 0) is 14.3 Å². The number of rotatable bonds is 20. The maximum absolute atomic E-state index is 11.2. The summed E-state index contributed by atoms with van der Waals surface area (Å²) < 4.78 is 4.88. The van der Waals surface area contributed by atoms with Crippen LogP contribution in [0.15, 0.2) is 12.7 Å². The van der Waals surface area contributed by atoms with Crippen molar-refractivity contribution >= 4 is 35.0 Å². The minimum Gasteiger partial charge on any atom is -0.481 e. The highest BCUT2D eigenvalue weighted by atomic mass is 24.3. The number of carboxylic acids is 1. The molecule has 1 atom stereocenters. The van der Waals surface area contributed by atoms with Crippen LogP contribution in [0.2, 0.25) is 0 Å². The van der Waals surface area contributed by atoms with Crippen molar-refractivity contribution in [2.24, 2.45) is 5.92 Å². The molecule has 0 aliphatic heterocycles. The van der Waals surface area contributed by atoms with E-state index in [1.165, 1.54) is 77.0 Å². The van der Waals surface area contributed by atoms with Crippen molar-refractivity contribution in [3.05, 3.63) is 12.7 Å². The highest BCUT2D eigenvalue weighted by molar-refractivity contribution is 5.81. The van der Waals surface area contributed by atoms with Gasteiger partial charge in [0.2, 0.25) is 0 Å². The van der Waals surface area contributed by atoms with Gasteiger partial charge >= 0.3 is 11.9 Å². The van der Waals surface area contributed by atoms with E-state index in [1.807, 2.05) is 0 Å². The monoisotopic (exact) mass is 406 g/mol. The third kappa shape index (κ3) is 20.2. The normalized spacial score (nSPS) is 11.5. The van der Waals surface area contributed by atoms with Crippen LogP contribution in [-0.4, -0.2) is 46.7 Å². The second-order valence-electron chi connectivity index (χ2n) is 7.58. The second kappa shape index (κ2) is 22.7. The molecule has 0 aliphatic rings. The molecule has 2 radical (unpaired) electrons. The van der Waals surface area contributed by atoms with Crippen LogP contribution in [0.4, 0.5) is 0 Å². The summed E-state index contributed by atoms with van der Waals surface area (Å²) in [7, 11) is 0. The molecule has 0 rings (SSSR count). The van der Waals surface area contributed by atoms with Gasteiger partial charge in [0.05, 0.1) is 12.5 Å². The van der Waals surface area contributed by atoms with Crippen LogP contribution in [0.3, 0.4) is 0 Å². The van der Waals surface area contributed by atoms with E-state index in [4.69, 9.17) is 4.74 Å². The van der Waals surface area contributed by atoms with Crippen LogP contribution in [0, 0.1) is 5.92 Å². The SMILES string of the molecule is C=CC(=O)OCCC(CCCCCCCCCCCCCCCC)C(=O)O.[Mg]. The van der Waals surface area contributed by atoms with Gasteiger partial charge in [-0.1, -0.05) is 103 Å². The number of aliphatic carboxylic acids is 1. The van der Waals surface area contributed by atoms with Crippen LogP contribution >= 0.6 is 0 Å². The van der Waals surface area contributed by atoms with Gasteiger partial charge < -0.3 is 9.84 Å². The van der Waals surface area contributed by atoms with Gasteiger partial charge in [-0.05, 0) is 12.8 Å². The molecule has 0 heterocycles. The Morgan fingerprint density at radius 1 is 0.821 bits per heavy atom. The van der Waals surface area contributed by atoms with Gasteiger partial charge in [0.1, 0.15) is 0 Å². The van der Waals surface area contributed by atoms with Gasteiger partial charge in [0.15, 0.2) is 0 Å². The molecule has 0 spiro atoms. The van der Waals surface area contributed by atoms with E-state index in [0.717, 1.165) is 18.9 Å². The zero-order chi connectivity index (χ0) is 20.2. The first-order valence-electron chi connectivity index (χ1n) is 11.1. The Hall–Kier alpha value is -0.554. The molecule has 28 heavy (non-hydrogen) atoms. The van der Waals surface area contributed by atoms with Crippen molar-refractivity contribution in [3.8, 4) is 0 Å². The summed E-state index contributed by atoms with van der Waals surface area (Å²) in [6, 6.07) is 0. The molecular weight excluding hydrogens is 365 g/mol. The van der Waals surface area contributed by atoms with E-state index in [-0.39, 0.29) is 29.7 Å². The summed E-state index contributed by atoms with van der Waals surface area (Å²) in [5.41, 5.74) is 0. The van der Waals surface area contributed by atoms with Gasteiger partial charge in [-0.15, -0.1) is 0 Å². The van der Waals surface area contributed by atoms with Gasteiger partial charge in [-0.2, -0.15) is 0 Å². The predicted octanol–water partition coefficient (Wildman–Crippen LogP) is 6.30. The van der Waals surface area contributed by atoms with Crippen LogP contribution in [0.5, 0.6) is 0 Å². The quantitative estimate of drug-likeness (QED) is 0.111. The lowest BCUT2D eigenvalue weighted by Crippen LogP contribution is -2.17. The van der Waals surface area contributed by atoms with Gasteiger partial charge in [-0.3, -0.25) is 4.79 Å². The first kappa shape index (κ1) is 29.6. The van der Waals surface area contributed by atoms with E-state index in [2.05, 4.69) is 13.5 Å². The Morgan fingerprint density at radius 3 is 1.64 bits per heavy atom. The summed E-state index contributed by atoms with van der Waals surface area (Å²) in [5.74, 6) is -1.70. The molecule has 160 valence electrons. The largest absolute Gasteiger partial charge is 0.481 e. The number of ether oxygens (including phenoxy) is 1. The standard InChI is InChI=1S/C23H42O4.Mg/c1-3-5-6-7-8-9-10-11-12-13-14-15-16-17-18-21(23(25)26)19-20-27-22(24)4-2;/h4,21H,2-3,5-20H2,1H3,(H,25,26);. The molecule has 0 aromatic rings. The Labute approximate surface area is 189 Å². The van der Waals surface area contributed by atoms with E-state index in [1.54, 1.807) is 0 Å². The molecule has 5 heteroatoms. The molecule has 0 fully saturated rings. The smallest absolute Gasteiger partial charge is 0.330 e. The van der Waals surface area contributed by atoms with Gasteiger partial charge in [0, 0.05) is 29.1 Å². The van der Waals surface area contributed by atoms with E-state index in [9.17, 15) is 14.7 Å². The average molecular weight is 407 g/mol. The van der Waals surface area contributed by atoms with E-state index >= 15 is 0 Å². The Bertz CT molecular complexity index is 385. The minimum atomic E-state index is -0.792. The van der Waals surface area contributed by atoms with Crippen LogP contribution < -0.4 is 0 Å². The molecule has 1 unspecified atom stereocenters. The summed E-state index contributed by atoms with van der Waals surface area (Å²) in [6.45, 7) is 5.73. The van der Waals surface area contributed by atoms with Crippen LogP contribution in [0.1, 0.15) is 110 Å². The Morgan fingerprint density at radius 2 is 1.25 bits per heavy atom. The Kier molecular flexibility index (Phi) is 24.1. The number of unbranched alkanes of at least 4 members (excludes halogenated alkanes) is 13. The molecule has 0 bridgehead atoms. The lowest BCUT2D eigenvalue weighted by Gasteiger charge is -2.12. The van der Waals surface area contributed by atoms with E-state index < -0.39 is 17.9 Å². The topological polar surface area (TPSA) is 63.6 Å². The van der Waals surface area contributed by atoms with Crippen molar-refractivity contribution in [2.45, 2.75) is 110 Å². The number of carbonyl (C=O) groups excluding carboxylic acids is 1. The fourth-order valence-electron chi connectivity index (χ4n) is 3.34. The molecule has 0 amide bonds. The molecule has 0 aromatic carbocycles. The maximum Gasteiger partial charge on any atom is 0.330 e.